The summed E-state index contributed by atoms with van der Waals surface area (Å²) in [4.78, 5) is 25.8. The number of carbonyl (C=O) groups is 1. The summed E-state index contributed by atoms with van der Waals surface area (Å²) in [5.41, 5.74) is 5.89. The quantitative estimate of drug-likeness (QED) is 0.498. The zero-order chi connectivity index (χ0) is 24.5. The first-order valence-electron chi connectivity index (χ1n) is 10.5. The van der Waals surface area contributed by atoms with Gasteiger partial charge in [-0.3, -0.25) is 4.79 Å². The molecule has 34 heavy (non-hydrogen) atoms. The molecule has 0 atom stereocenters. The molecular weight excluding hydrogens is 455 g/mol. The molecule has 1 aliphatic rings. The van der Waals surface area contributed by atoms with Crippen LogP contribution in [0.4, 0.5) is 13.2 Å². The first-order valence-corrected chi connectivity index (χ1v) is 10.5. The Morgan fingerprint density at radius 2 is 2.03 bits per heavy atom. The van der Waals surface area contributed by atoms with E-state index in [9.17, 15) is 18.0 Å². The summed E-state index contributed by atoms with van der Waals surface area (Å²) >= 11 is 0. The van der Waals surface area contributed by atoms with Crippen molar-refractivity contribution < 1.29 is 32.0 Å². The van der Waals surface area contributed by atoms with Gasteiger partial charge in [0.05, 0.1) is 19.4 Å². The number of halogens is 3. The smallest absolute Gasteiger partial charge is 0.433 e. The molecule has 4 rings (SSSR count). The number of nitrogens with zero attached hydrogens (tertiary/aromatic N) is 3. The fourth-order valence-corrected chi connectivity index (χ4v) is 3.58. The molecule has 0 radical (unpaired) electrons. The van der Waals surface area contributed by atoms with E-state index in [2.05, 4.69) is 20.4 Å². The Labute approximate surface area is 192 Å². The van der Waals surface area contributed by atoms with Crippen LogP contribution in [0.1, 0.15) is 41.7 Å². The topological polar surface area (TPSA) is 125 Å². The van der Waals surface area contributed by atoms with Gasteiger partial charge in [-0.15, -0.1) is 0 Å². The number of oxazole rings is 1. The highest BCUT2D eigenvalue weighted by molar-refractivity contribution is 5.99. The molecule has 1 amide bonds. The van der Waals surface area contributed by atoms with E-state index in [0.717, 1.165) is 11.8 Å². The normalized spacial score (nSPS) is 15.7. The van der Waals surface area contributed by atoms with Crippen LogP contribution in [0.2, 0.25) is 0 Å². The number of fused-ring (bicyclic) bond motifs is 1. The summed E-state index contributed by atoms with van der Waals surface area (Å²) in [6, 6.07) is 5.05. The molecule has 1 saturated carbocycles. The molecule has 0 aliphatic heterocycles. The number of methoxy groups -OCH3 is 1. The van der Waals surface area contributed by atoms with E-state index >= 15 is 0 Å². The Hall–Kier alpha value is -3.67. The summed E-state index contributed by atoms with van der Waals surface area (Å²) < 4.78 is 50.5. The SMILES string of the molecule is CCON=C1CC(NC(=O)c2nc(-c3ccc(OC)c4nc(C(F)(F)F)ccc34)oc2CN)C1. The second-order valence-electron chi connectivity index (χ2n) is 7.55. The summed E-state index contributed by atoms with van der Waals surface area (Å²) in [6.45, 7) is 2.20. The molecule has 0 spiro atoms. The maximum atomic E-state index is 13.2. The molecule has 0 unspecified atom stereocenters. The van der Waals surface area contributed by atoms with Crippen LogP contribution in [-0.4, -0.2) is 41.3 Å². The van der Waals surface area contributed by atoms with Crippen molar-refractivity contribution in [2.75, 3.05) is 13.7 Å². The number of aromatic nitrogens is 2. The summed E-state index contributed by atoms with van der Waals surface area (Å²) in [5, 5.41) is 7.11. The van der Waals surface area contributed by atoms with E-state index in [1.165, 1.54) is 19.2 Å². The van der Waals surface area contributed by atoms with Gasteiger partial charge in [0.1, 0.15) is 23.6 Å². The van der Waals surface area contributed by atoms with Gasteiger partial charge >= 0.3 is 6.18 Å². The van der Waals surface area contributed by atoms with Gasteiger partial charge in [-0.25, -0.2) is 9.97 Å². The predicted molar refractivity (Wildman–Crippen MR) is 116 cm³/mol. The molecule has 1 fully saturated rings. The minimum Gasteiger partial charge on any atom is -0.494 e. The number of nitrogens with one attached hydrogen (secondary N) is 1. The largest absolute Gasteiger partial charge is 0.494 e. The predicted octanol–water partition coefficient (Wildman–Crippen LogP) is 3.66. The van der Waals surface area contributed by atoms with E-state index in [1.807, 2.05) is 6.92 Å². The van der Waals surface area contributed by atoms with Crippen LogP contribution in [0.5, 0.6) is 5.75 Å². The Morgan fingerprint density at radius 3 is 2.68 bits per heavy atom. The molecule has 12 heteroatoms. The van der Waals surface area contributed by atoms with Gasteiger partial charge < -0.3 is 25.0 Å². The van der Waals surface area contributed by atoms with Crippen molar-refractivity contribution in [3.8, 4) is 17.2 Å². The highest BCUT2D eigenvalue weighted by Crippen LogP contribution is 2.37. The molecule has 2 heterocycles. The lowest BCUT2D eigenvalue weighted by Crippen LogP contribution is -2.45. The van der Waals surface area contributed by atoms with Gasteiger partial charge in [-0.2, -0.15) is 13.2 Å². The van der Waals surface area contributed by atoms with Crippen LogP contribution < -0.4 is 15.8 Å². The van der Waals surface area contributed by atoms with Crippen LogP contribution in [0.15, 0.2) is 33.8 Å². The number of rotatable bonds is 7. The summed E-state index contributed by atoms with van der Waals surface area (Å²) in [5.74, 6) is -0.125. The molecule has 180 valence electrons. The molecule has 9 nitrogen and oxygen atoms in total. The third-order valence-electron chi connectivity index (χ3n) is 5.28. The third kappa shape index (κ3) is 4.53. The van der Waals surface area contributed by atoms with Gasteiger partial charge in [0.2, 0.25) is 5.89 Å². The van der Waals surface area contributed by atoms with Crippen molar-refractivity contribution in [2.45, 2.75) is 38.5 Å². The van der Waals surface area contributed by atoms with Crippen molar-refractivity contribution in [1.82, 2.24) is 15.3 Å². The number of carbonyl (C=O) groups excluding carboxylic acids is 1. The highest BCUT2D eigenvalue weighted by Gasteiger charge is 2.33. The number of hydrogen-bond donors (Lipinski definition) is 2. The number of pyridine rings is 1. The second-order valence-corrected chi connectivity index (χ2v) is 7.55. The Balaban J connectivity index is 1.65. The lowest BCUT2D eigenvalue weighted by Gasteiger charge is -2.27. The van der Waals surface area contributed by atoms with Crippen molar-refractivity contribution >= 4 is 22.5 Å². The number of oxime groups is 1. The number of amides is 1. The van der Waals surface area contributed by atoms with E-state index < -0.39 is 17.8 Å². The standard InChI is InChI=1S/C22H22F3N5O4/c1-3-33-30-12-8-11(9-12)27-20(31)19-16(10-26)34-21(29-19)14-4-6-15(32-2)18-13(14)5-7-17(28-18)22(23,24)25/h4-7,11H,3,8-10,26H2,1-2H3,(H,27,31). The third-order valence-corrected chi connectivity index (χ3v) is 5.28. The maximum absolute atomic E-state index is 13.2. The van der Waals surface area contributed by atoms with Crippen LogP contribution in [-0.2, 0) is 17.6 Å². The number of nitrogens with two attached hydrogens (primary N) is 1. The maximum Gasteiger partial charge on any atom is 0.433 e. The molecule has 3 aromatic rings. The zero-order valence-corrected chi connectivity index (χ0v) is 18.4. The summed E-state index contributed by atoms with van der Waals surface area (Å²) in [6.07, 6.45) is -3.50. The molecule has 2 aromatic heterocycles. The molecule has 0 bridgehead atoms. The van der Waals surface area contributed by atoms with Crippen LogP contribution in [0.25, 0.3) is 22.4 Å². The van der Waals surface area contributed by atoms with E-state index in [1.54, 1.807) is 6.07 Å². The van der Waals surface area contributed by atoms with Gasteiger partial charge in [0.15, 0.2) is 11.5 Å². The Bertz CT molecular complexity index is 1250. The average molecular weight is 477 g/mol. The van der Waals surface area contributed by atoms with Crippen molar-refractivity contribution in [3.63, 3.8) is 0 Å². The Morgan fingerprint density at radius 1 is 1.26 bits per heavy atom. The fourth-order valence-electron chi connectivity index (χ4n) is 3.58. The van der Waals surface area contributed by atoms with Crippen molar-refractivity contribution in [2.24, 2.45) is 10.9 Å². The number of alkyl halides is 3. The summed E-state index contributed by atoms with van der Waals surface area (Å²) in [7, 11) is 1.33. The van der Waals surface area contributed by atoms with Crippen LogP contribution >= 0.6 is 0 Å². The molecule has 0 saturated heterocycles. The van der Waals surface area contributed by atoms with E-state index in [-0.39, 0.29) is 41.2 Å². The molecular formula is C22H22F3N5O4. The van der Waals surface area contributed by atoms with Crippen LogP contribution in [0.3, 0.4) is 0 Å². The minimum absolute atomic E-state index is 0.0103. The first kappa shape index (κ1) is 23.5. The lowest BCUT2D eigenvalue weighted by molar-refractivity contribution is -0.140. The fraction of sp³-hybridized carbons (Fsp3) is 0.364. The highest BCUT2D eigenvalue weighted by atomic mass is 19.4. The average Bonchev–Trinajstić information content (AvgIpc) is 3.23. The van der Waals surface area contributed by atoms with Crippen molar-refractivity contribution in [1.29, 1.82) is 0 Å². The zero-order valence-electron chi connectivity index (χ0n) is 18.4. The molecule has 1 aromatic carbocycles. The number of hydrogen-bond acceptors (Lipinski definition) is 8. The van der Waals surface area contributed by atoms with Crippen molar-refractivity contribution in [3.05, 3.63) is 41.4 Å². The Kier molecular flexibility index (Phi) is 6.42. The van der Waals surface area contributed by atoms with E-state index in [0.29, 0.717) is 30.4 Å². The van der Waals surface area contributed by atoms with Gasteiger partial charge in [-0.1, -0.05) is 5.16 Å². The van der Waals surface area contributed by atoms with E-state index in [4.69, 9.17) is 19.7 Å². The molecule has 1 aliphatic carbocycles. The first-order chi connectivity index (χ1) is 16.2. The van der Waals surface area contributed by atoms with Crippen LogP contribution in [0, 0.1) is 0 Å². The van der Waals surface area contributed by atoms with Gasteiger partial charge in [0, 0.05) is 29.8 Å². The lowest BCUT2D eigenvalue weighted by atomic mass is 9.90. The second kappa shape index (κ2) is 9.29. The van der Waals surface area contributed by atoms with Gasteiger partial charge in [-0.05, 0) is 31.2 Å². The number of benzene rings is 1. The molecule has 3 N–H and O–H groups in total. The number of ether oxygens (including phenoxy) is 1. The minimum atomic E-state index is -4.62. The monoisotopic (exact) mass is 477 g/mol. The van der Waals surface area contributed by atoms with Gasteiger partial charge in [0.25, 0.3) is 5.91 Å².